The van der Waals surface area contributed by atoms with Gasteiger partial charge in [-0.15, -0.1) is 0 Å². The highest BCUT2D eigenvalue weighted by atomic mass is 16.1. The van der Waals surface area contributed by atoms with E-state index < -0.39 is 0 Å². The summed E-state index contributed by atoms with van der Waals surface area (Å²) in [7, 11) is 0. The molecule has 0 saturated carbocycles. The summed E-state index contributed by atoms with van der Waals surface area (Å²) < 4.78 is 1.97. The standard InChI is InChI=1S/C14H16N2O/c1-10(2)16-14(7-8-15-16)13-6-4-5-12(9-17)11(13)3/h4-10H,1-3H3. The molecule has 2 rings (SSSR count). The number of hydrogen-bond donors (Lipinski definition) is 0. The minimum absolute atomic E-state index is 0.305. The van der Waals surface area contributed by atoms with E-state index in [1.807, 2.05) is 35.9 Å². The molecule has 3 heteroatoms. The lowest BCUT2D eigenvalue weighted by molar-refractivity contribution is 0.112. The second-order valence-corrected chi connectivity index (χ2v) is 4.39. The first kappa shape index (κ1) is 11.6. The van der Waals surface area contributed by atoms with E-state index in [1.165, 1.54) is 0 Å². The first-order valence-electron chi connectivity index (χ1n) is 5.74. The number of aromatic nitrogens is 2. The van der Waals surface area contributed by atoms with Crippen LogP contribution in [0.1, 0.15) is 35.8 Å². The molecule has 17 heavy (non-hydrogen) atoms. The lowest BCUT2D eigenvalue weighted by Crippen LogP contribution is -2.05. The fourth-order valence-electron chi connectivity index (χ4n) is 2.00. The Bertz CT molecular complexity index is 541. The van der Waals surface area contributed by atoms with Crippen LogP contribution in [0.3, 0.4) is 0 Å². The highest BCUT2D eigenvalue weighted by molar-refractivity contribution is 5.82. The van der Waals surface area contributed by atoms with E-state index in [0.717, 1.165) is 28.7 Å². The summed E-state index contributed by atoms with van der Waals surface area (Å²) in [5.41, 5.74) is 3.87. The summed E-state index contributed by atoms with van der Waals surface area (Å²) in [5, 5.41) is 4.32. The molecule has 0 atom stereocenters. The molecule has 3 nitrogen and oxygen atoms in total. The predicted molar refractivity (Wildman–Crippen MR) is 68.2 cm³/mol. The minimum Gasteiger partial charge on any atom is -0.298 e. The van der Waals surface area contributed by atoms with Crippen molar-refractivity contribution in [1.82, 2.24) is 9.78 Å². The van der Waals surface area contributed by atoms with Gasteiger partial charge in [0, 0.05) is 23.4 Å². The maximum absolute atomic E-state index is 10.9. The van der Waals surface area contributed by atoms with Crippen LogP contribution in [0.25, 0.3) is 11.3 Å². The molecule has 88 valence electrons. The molecule has 0 aliphatic carbocycles. The van der Waals surface area contributed by atoms with Crippen molar-refractivity contribution in [3.8, 4) is 11.3 Å². The summed E-state index contributed by atoms with van der Waals surface area (Å²) in [5.74, 6) is 0. The van der Waals surface area contributed by atoms with Crippen LogP contribution in [0.2, 0.25) is 0 Å². The molecule has 0 aliphatic rings. The van der Waals surface area contributed by atoms with Crippen molar-refractivity contribution in [2.24, 2.45) is 0 Å². The summed E-state index contributed by atoms with van der Waals surface area (Å²) in [6.07, 6.45) is 2.69. The van der Waals surface area contributed by atoms with Crippen molar-refractivity contribution >= 4 is 6.29 Å². The highest BCUT2D eigenvalue weighted by Crippen LogP contribution is 2.26. The molecule has 1 heterocycles. The summed E-state index contributed by atoms with van der Waals surface area (Å²) in [4.78, 5) is 10.9. The van der Waals surface area contributed by atoms with Gasteiger partial charge in [-0.25, -0.2) is 0 Å². The number of nitrogens with zero attached hydrogens (tertiary/aromatic N) is 2. The Morgan fingerprint density at radius 3 is 2.71 bits per heavy atom. The average Bonchev–Trinajstić information content (AvgIpc) is 2.78. The Labute approximate surface area is 101 Å². The van der Waals surface area contributed by atoms with E-state index >= 15 is 0 Å². The van der Waals surface area contributed by atoms with Gasteiger partial charge in [0.25, 0.3) is 0 Å². The number of carbonyl (C=O) groups is 1. The van der Waals surface area contributed by atoms with Crippen LogP contribution in [-0.4, -0.2) is 16.1 Å². The molecule has 1 aromatic heterocycles. The zero-order valence-electron chi connectivity index (χ0n) is 10.3. The van der Waals surface area contributed by atoms with Gasteiger partial charge >= 0.3 is 0 Å². The summed E-state index contributed by atoms with van der Waals surface area (Å²) in [6.45, 7) is 6.15. The molecule has 0 radical (unpaired) electrons. The maximum atomic E-state index is 10.9. The number of carbonyl (C=O) groups excluding carboxylic acids is 1. The van der Waals surface area contributed by atoms with Crippen LogP contribution in [0.4, 0.5) is 0 Å². The highest BCUT2D eigenvalue weighted by Gasteiger charge is 2.11. The third kappa shape index (κ3) is 2.00. The molecule has 0 aliphatic heterocycles. The summed E-state index contributed by atoms with van der Waals surface area (Å²) >= 11 is 0. The molecule has 1 aromatic carbocycles. The largest absolute Gasteiger partial charge is 0.298 e. The van der Waals surface area contributed by atoms with Crippen molar-refractivity contribution in [2.75, 3.05) is 0 Å². The van der Waals surface area contributed by atoms with Gasteiger partial charge in [-0.2, -0.15) is 5.10 Å². The minimum atomic E-state index is 0.305. The Kier molecular flexibility index (Phi) is 3.09. The molecular weight excluding hydrogens is 212 g/mol. The van der Waals surface area contributed by atoms with Crippen LogP contribution < -0.4 is 0 Å². The van der Waals surface area contributed by atoms with Gasteiger partial charge in [0.05, 0.1) is 5.69 Å². The predicted octanol–water partition coefficient (Wildman–Crippen LogP) is 3.25. The zero-order valence-corrected chi connectivity index (χ0v) is 10.3. The fraction of sp³-hybridized carbons (Fsp3) is 0.286. The molecular formula is C14H16N2O. The van der Waals surface area contributed by atoms with E-state index in [2.05, 4.69) is 18.9 Å². The molecule has 0 spiro atoms. The first-order chi connectivity index (χ1) is 8.15. The van der Waals surface area contributed by atoms with Crippen LogP contribution in [0.15, 0.2) is 30.5 Å². The number of hydrogen-bond acceptors (Lipinski definition) is 2. The normalized spacial score (nSPS) is 10.8. The molecule has 0 fully saturated rings. The molecule has 2 aromatic rings. The Hall–Kier alpha value is -1.90. The molecule has 0 amide bonds. The van der Waals surface area contributed by atoms with Crippen molar-refractivity contribution in [1.29, 1.82) is 0 Å². The van der Waals surface area contributed by atoms with Gasteiger partial charge < -0.3 is 0 Å². The van der Waals surface area contributed by atoms with Gasteiger partial charge in [0.15, 0.2) is 0 Å². The van der Waals surface area contributed by atoms with Crippen LogP contribution in [0.5, 0.6) is 0 Å². The van der Waals surface area contributed by atoms with Crippen molar-refractivity contribution in [2.45, 2.75) is 26.8 Å². The topological polar surface area (TPSA) is 34.9 Å². The molecule has 0 saturated heterocycles. The van der Waals surface area contributed by atoms with Crippen molar-refractivity contribution < 1.29 is 4.79 Å². The van der Waals surface area contributed by atoms with E-state index in [-0.39, 0.29) is 0 Å². The maximum Gasteiger partial charge on any atom is 0.150 e. The Morgan fingerprint density at radius 1 is 1.29 bits per heavy atom. The van der Waals surface area contributed by atoms with E-state index in [0.29, 0.717) is 6.04 Å². The number of aldehydes is 1. The quantitative estimate of drug-likeness (QED) is 0.756. The van der Waals surface area contributed by atoms with Crippen LogP contribution in [-0.2, 0) is 0 Å². The zero-order chi connectivity index (χ0) is 12.4. The monoisotopic (exact) mass is 228 g/mol. The lowest BCUT2D eigenvalue weighted by atomic mass is 10.0. The second kappa shape index (κ2) is 4.53. The second-order valence-electron chi connectivity index (χ2n) is 4.39. The van der Waals surface area contributed by atoms with Crippen LogP contribution in [0, 0.1) is 6.92 Å². The van der Waals surface area contributed by atoms with Gasteiger partial charge in [-0.05, 0) is 32.4 Å². The molecule has 0 unspecified atom stereocenters. The van der Waals surface area contributed by atoms with Gasteiger partial charge in [0.2, 0.25) is 0 Å². The molecule has 0 bridgehead atoms. The van der Waals surface area contributed by atoms with E-state index in [1.54, 1.807) is 6.20 Å². The third-order valence-corrected chi connectivity index (χ3v) is 2.94. The van der Waals surface area contributed by atoms with Crippen LogP contribution >= 0.6 is 0 Å². The fourth-order valence-corrected chi connectivity index (χ4v) is 2.00. The smallest absolute Gasteiger partial charge is 0.150 e. The van der Waals surface area contributed by atoms with Gasteiger partial charge in [-0.1, -0.05) is 18.2 Å². The van der Waals surface area contributed by atoms with Crippen molar-refractivity contribution in [3.05, 3.63) is 41.6 Å². The average molecular weight is 228 g/mol. The first-order valence-corrected chi connectivity index (χ1v) is 5.74. The van der Waals surface area contributed by atoms with Gasteiger partial charge in [-0.3, -0.25) is 9.48 Å². The number of benzene rings is 1. The molecule has 0 N–H and O–H groups in total. The SMILES string of the molecule is Cc1c(C=O)cccc1-c1ccnn1C(C)C. The Morgan fingerprint density at radius 2 is 2.06 bits per heavy atom. The van der Waals surface area contributed by atoms with E-state index in [9.17, 15) is 4.79 Å². The van der Waals surface area contributed by atoms with E-state index in [4.69, 9.17) is 0 Å². The Balaban J connectivity index is 2.60. The van der Waals surface area contributed by atoms with Gasteiger partial charge in [0.1, 0.15) is 6.29 Å². The number of rotatable bonds is 3. The lowest BCUT2D eigenvalue weighted by Gasteiger charge is -2.13. The third-order valence-electron chi connectivity index (χ3n) is 2.94. The van der Waals surface area contributed by atoms with Crippen molar-refractivity contribution in [3.63, 3.8) is 0 Å². The summed E-state index contributed by atoms with van der Waals surface area (Å²) in [6, 6.07) is 8.06.